The summed E-state index contributed by atoms with van der Waals surface area (Å²) in [5, 5.41) is 8.54. The van der Waals surface area contributed by atoms with Gasteiger partial charge in [-0.3, -0.25) is 0 Å². The summed E-state index contributed by atoms with van der Waals surface area (Å²) < 4.78 is 11.0. The lowest BCUT2D eigenvalue weighted by atomic mass is 10.1. The third-order valence-corrected chi connectivity index (χ3v) is 3.64. The SMILES string of the molecule is CC(OC(=O)O)c1cc2oc(=O)sc2cc1Br. The van der Waals surface area contributed by atoms with E-state index in [2.05, 4.69) is 20.7 Å². The van der Waals surface area contributed by atoms with Crippen molar-refractivity contribution in [3.8, 4) is 0 Å². The standard InChI is InChI=1S/C10H7BrO5S/c1-4(15-9(12)13)5-2-7-8(3-6(5)11)17-10(14)16-7/h2-4H,1H3,(H,12,13). The fourth-order valence-electron chi connectivity index (χ4n) is 1.44. The van der Waals surface area contributed by atoms with Crippen LogP contribution < -0.4 is 4.94 Å². The van der Waals surface area contributed by atoms with Gasteiger partial charge in [0.15, 0.2) is 0 Å². The van der Waals surface area contributed by atoms with Gasteiger partial charge >= 0.3 is 11.1 Å². The highest BCUT2D eigenvalue weighted by atomic mass is 79.9. The highest BCUT2D eigenvalue weighted by molar-refractivity contribution is 9.10. The topological polar surface area (TPSA) is 76.7 Å². The van der Waals surface area contributed by atoms with Crippen LogP contribution in [0.4, 0.5) is 4.79 Å². The summed E-state index contributed by atoms with van der Waals surface area (Å²) in [7, 11) is 0. The van der Waals surface area contributed by atoms with Gasteiger partial charge in [0.2, 0.25) is 0 Å². The first-order valence-corrected chi connectivity index (χ1v) is 6.21. The maximum Gasteiger partial charge on any atom is 0.506 e. The molecule has 0 aliphatic heterocycles. The van der Waals surface area contributed by atoms with Gasteiger partial charge in [-0.15, -0.1) is 0 Å². The van der Waals surface area contributed by atoms with E-state index in [9.17, 15) is 9.59 Å². The van der Waals surface area contributed by atoms with Crippen LogP contribution in [0.15, 0.2) is 25.8 Å². The zero-order valence-corrected chi connectivity index (χ0v) is 11.0. The molecule has 0 aliphatic carbocycles. The monoisotopic (exact) mass is 318 g/mol. The molecule has 5 nitrogen and oxygen atoms in total. The van der Waals surface area contributed by atoms with E-state index in [1.807, 2.05) is 0 Å². The van der Waals surface area contributed by atoms with Gasteiger partial charge < -0.3 is 14.3 Å². The van der Waals surface area contributed by atoms with Crippen molar-refractivity contribution in [2.24, 2.45) is 0 Å². The Balaban J connectivity index is 2.49. The summed E-state index contributed by atoms with van der Waals surface area (Å²) in [5.74, 6) is 0. The molecule has 0 aliphatic rings. The third kappa shape index (κ3) is 2.50. The Morgan fingerprint density at radius 2 is 2.29 bits per heavy atom. The lowest BCUT2D eigenvalue weighted by Gasteiger charge is -2.12. The molecule has 0 spiro atoms. The summed E-state index contributed by atoms with van der Waals surface area (Å²) in [4.78, 5) is 21.1. The first kappa shape index (κ1) is 12.1. The molecule has 0 bridgehead atoms. The van der Waals surface area contributed by atoms with Gasteiger partial charge in [-0.05, 0) is 19.1 Å². The predicted molar refractivity (Wildman–Crippen MR) is 65.6 cm³/mol. The van der Waals surface area contributed by atoms with Crippen molar-refractivity contribution >= 4 is 43.7 Å². The fraction of sp³-hybridized carbons (Fsp3) is 0.200. The van der Waals surface area contributed by atoms with Crippen molar-refractivity contribution in [3.63, 3.8) is 0 Å². The van der Waals surface area contributed by atoms with Crippen molar-refractivity contribution in [2.75, 3.05) is 0 Å². The number of benzene rings is 1. The van der Waals surface area contributed by atoms with Crippen LogP contribution in [-0.2, 0) is 4.74 Å². The van der Waals surface area contributed by atoms with Gasteiger partial charge in [0.05, 0.1) is 4.70 Å². The minimum Gasteiger partial charge on any atom is -0.450 e. The minimum atomic E-state index is -1.35. The molecule has 1 aromatic heterocycles. The van der Waals surface area contributed by atoms with Gasteiger partial charge in [0, 0.05) is 10.0 Å². The van der Waals surface area contributed by atoms with Gasteiger partial charge in [-0.1, -0.05) is 27.3 Å². The summed E-state index contributed by atoms with van der Waals surface area (Å²) in [5.41, 5.74) is 1.04. The highest BCUT2D eigenvalue weighted by Crippen LogP contribution is 2.31. The lowest BCUT2D eigenvalue weighted by molar-refractivity contribution is 0.0585. The second kappa shape index (κ2) is 4.50. The molecule has 90 valence electrons. The van der Waals surface area contributed by atoms with E-state index >= 15 is 0 Å². The van der Waals surface area contributed by atoms with Crippen LogP contribution in [-0.4, -0.2) is 11.3 Å². The first-order valence-electron chi connectivity index (χ1n) is 4.60. The number of ether oxygens (including phenoxy) is 1. The van der Waals surface area contributed by atoms with Crippen LogP contribution in [0.3, 0.4) is 0 Å². The number of fused-ring (bicyclic) bond motifs is 1. The zero-order valence-electron chi connectivity index (χ0n) is 8.60. The Kier molecular flexibility index (Phi) is 3.21. The number of carbonyl (C=O) groups is 1. The minimum absolute atomic E-state index is 0.393. The zero-order chi connectivity index (χ0) is 12.6. The predicted octanol–water partition coefficient (Wildman–Crippen LogP) is 3.37. The normalized spacial score (nSPS) is 12.6. The summed E-state index contributed by atoms with van der Waals surface area (Å²) in [6.45, 7) is 1.60. The molecule has 1 aromatic carbocycles. The van der Waals surface area contributed by atoms with Gasteiger partial charge in [-0.2, -0.15) is 0 Å². The van der Waals surface area contributed by atoms with Crippen LogP contribution in [0, 0.1) is 0 Å². The smallest absolute Gasteiger partial charge is 0.450 e. The molecule has 0 saturated carbocycles. The molecule has 2 aromatic rings. The van der Waals surface area contributed by atoms with Crippen LogP contribution in [0.25, 0.3) is 10.3 Å². The van der Waals surface area contributed by atoms with Crippen LogP contribution in [0.1, 0.15) is 18.6 Å². The molecule has 7 heteroatoms. The maximum atomic E-state index is 11.1. The number of hydrogen-bond donors (Lipinski definition) is 1. The number of carboxylic acid groups (broad SMARTS) is 1. The molecule has 1 N–H and O–H groups in total. The molecule has 1 atom stereocenters. The number of halogens is 1. The van der Waals surface area contributed by atoms with E-state index in [0.29, 0.717) is 20.3 Å². The Bertz CT molecular complexity index is 629. The average molecular weight is 319 g/mol. The summed E-state index contributed by atoms with van der Waals surface area (Å²) >= 11 is 4.30. The van der Waals surface area contributed by atoms with Crippen molar-refractivity contribution in [1.29, 1.82) is 0 Å². The highest BCUT2D eigenvalue weighted by Gasteiger charge is 2.16. The fourth-order valence-corrected chi connectivity index (χ4v) is 2.94. The second-order valence-electron chi connectivity index (χ2n) is 3.30. The largest absolute Gasteiger partial charge is 0.506 e. The van der Waals surface area contributed by atoms with Gasteiger partial charge in [-0.25, -0.2) is 9.59 Å². The molecular weight excluding hydrogens is 312 g/mol. The molecule has 0 amide bonds. The second-order valence-corrected chi connectivity index (χ2v) is 5.13. The third-order valence-electron chi connectivity index (χ3n) is 2.17. The van der Waals surface area contributed by atoms with E-state index in [0.717, 1.165) is 11.3 Å². The van der Waals surface area contributed by atoms with Crippen molar-refractivity contribution in [2.45, 2.75) is 13.0 Å². The summed E-state index contributed by atoms with van der Waals surface area (Å²) in [6, 6.07) is 3.31. The van der Waals surface area contributed by atoms with E-state index in [-0.39, 0.29) is 0 Å². The van der Waals surface area contributed by atoms with E-state index in [1.165, 1.54) is 0 Å². The Morgan fingerprint density at radius 1 is 1.59 bits per heavy atom. The quantitative estimate of drug-likeness (QED) is 0.859. The summed E-state index contributed by atoms with van der Waals surface area (Å²) in [6.07, 6.45) is -1.99. The van der Waals surface area contributed by atoms with Crippen molar-refractivity contribution in [3.05, 3.63) is 31.9 Å². The van der Waals surface area contributed by atoms with Crippen LogP contribution in [0.5, 0.6) is 0 Å². The van der Waals surface area contributed by atoms with Gasteiger partial charge in [0.25, 0.3) is 0 Å². The Labute approximate surface area is 108 Å². The van der Waals surface area contributed by atoms with Crippen LogP contribution >= 0.6 is 27.3 Å². The van der Waals surface area contributed by atoms with E-state index in [4.69, 9.17) is 9.52 Å². The van der Waals surface area contributed by atoms with Crippen molar-refractivity contribution < 1.29 is 19.1 Å². The molecular formula is C10H7BrO5S. The van der Waals surface area contributed by atoms with E-state index < -0.39 is 17.2 Å². The van der Waals surface area contributed by atoms with Crippen molar-refractivity contribution in [1.82, 2.24) is 0 Å². The molecule has 17 heavy (non-hydrogen) atoms. The molecule has 0 radical (unpaired) electrons. The number of rotatable bonds is 2. The Morgan fingerprint density at radius 3 is 2.94 bits per heavy atom. The number of hydrogen-bond acceptors (Lipinski definition) is 5. The average Bonchev–Trinajstić information content (AvgIpc) is 2.54. The molecule has 0 saturated heterocycles. The van der Waals surface area contributed by atoms with Gasteiger partial charge in [0.1, 0.15) is 11.7 Å². The molecule has 0 fully saturated rings. The first-order chi connectivity index (χ1) is 7.97. The van der Waals surface area contributed by atoms with E-state index in [1.54, 1.807) is 19.1 Å². The maximum absolute atomic E-state index is 11.1. The lowest BCUT2D eigenvalue weighted by Crippen LogP contribution is -2.06. The van der Waals surface area contributed by atoms with Crippen LogP contribution in [0.2, 0.25) is 0 Å². The molecule has 2 rings (SSSR count). The molecule has 1 unspecified atom stereocenters. The Hall–Kier alpha value is -1.34. The molecule has 1 heterocycles.